The molecule has 2 N–H and O–H groups in total. The molecule has 1 rings (SSSR count). The Morgan fingerprint density at radius 1 is 1.30 bits per heavy atom. The summed E-state index contributed by atoms with van der Waals surface area (Å²) in [5, 5.41) is 16.6. The first-order chi connectivity index (χ1) is 4.81. The zero-order valence-corrected chi connectivity index (χ0v) is 6.71. The van der Waals surface area contributed by atoms with E-state index in [0.717, 1.165) is 19.3 Å². The molecule has 1 saturated carbocycles. The topological polar surface area (TPSA) is 40.5 Å². The SMILES string of the molecule is CCCO.OC1CCCC1. The van der Waals surface area contributed by atoms with Crippen molar-refractivity contribution in [3.63, 3.8) is 0 Å². The molecule has 0 spiro atoms. The van der Waals surface area contributed by atoms with E-state index in [0.29, 0.717) is 6.61 Å². The predicted octanol–water partition coefficient (Wildman–Crippen LogP) is 1.31. The lowest BCUT2D eigenvalue weighted by Crippen LogP contribution is -1.94. The van der Waals surface area contributed by atoms with E-state index in [2.05, 4.69) is 0 Å². The second kappa shape index (κ2) is 7.03. The summed E-state index contributed by atoms with van der Waals surface area (Å²) in [5.41, 5.74) is 0. The minimum absolute atomic E-state index is 0.0463. The van der Waals surface area contributed by atoms with Crippen LogP contribution >= 0.6 is 0 Å². The fourth-order valence-electron chi connectivity index (χ4n) is 0.904. The van der Waals surface area contributed by atoms with Gasteiger partial charge < -0.3 is 10.2 Å². The number of rotatable bonds is 1. The van der Waals surface area contributed by atoms with Crippen LogP contribution in [0, 0.1) is 0 Å². The molecule has 2 heteroatoms. The summed E-state index contributed by atoms with van der Waals surface area (Å²) >= 11 is 0. The van der Waals surface area contributed by atoms with E-state index in [1.165, 1.54) is 12.8 Å². The minimum Gasteiger partial charge on any atom is -0.396 e. The Morgan fingerprint density at radius 2 is 1.70 bits per heavy atom. The van der Waals surface area contributed by atoms with Gasteiger partial charge in [0.2, 0.25) is 0 Å². The maximum Gasteiger partial charge on any atom is 0.0540 e. The molecule has 1 aliphatic rings. The summed E-state index contributed by atoms with van der Waals surface area (Å²) in [4.78, 5) is 0. The zero-order valence-electron chi connectivity index (χ0n) is 6.71. The molecule has 0 radical (unpaired) electrons. The van der Waals surface area contributed by atoms with E-state index < -0.39 is 0 Å². The number of hydrogen-bond acceptors (Lipinski definition) is 2. The van der Waals surface area contributed by atoms with Crippen molar-refractivity contribution in [1.29, 1.82) is 0 Å². The van der Waals surface area contributed by atoms with E-state index >= 15 is 0 Å². The zero-order chi connectivity index (χ0) is 7.82. The monoisotopic (exact) mass is 146 g/mol. The average molecular weight is 146 g/mol. The molecule has 0 aromatic heterocycles. The first-order valence-electron chi connectivity index (χ1n) is 4.10. The van der Waals surface area contributed by atoms with Gasteiger partial charge in [-0.2, -0.15) is 0 Å². The van der Waals surface area contributed by atoms with Gasteiger partial charge in [-0.1, -0.05) is 19.8 Å². The summed E-state index contributed by atoms with van der Waals surface area (Å²) < 4.78 is 0. The molecular weight excluding hydrogens is 128 g/mol. The quantitative estimate of drug-likeness (QED) is 0.585. The molecule has 10 heavy (non-hydrogen) atoms. The lowest BCUT2D eigenvalue weighted by Gasteiger charge is -1.91. The van der Waals surface area contributed by atoms with Gasteiger partial charge in [0.1, 0.15) is 0 Å². The third-order valence-corrected chi connectivity index (χ3v) is 1.55. The van der Waals surface area contributed by atoms with Crippen molar-refractivity contribution in [1.82, 2.24) is 0 Å². The van der Waals surface area contributed by atoms with Crippen molar-refractivity contribution in [2.24, 2.45) is 0 Å². The highest BCUT2D eigenvalue weighted by molar-refractivity contribution is 4.63. The molecule has 2 nitrogen and oxygen atoms in total. The number of aliphatic hydroxyl groups is 2. The largest absolute Gasteiger partial charge is 0.396 e. The van der Waals surface area contributed by atoms with Crippen LogP contribution in [0.4, 0.5) is 0 Å². The molecular formula is C8H18O2. The summed E-state index contributed by atoms with van der Waals surface area (Å²) in [6.45, 7) is 2.25. The van der Waals surface area contributed by atoms with E-state index in [1.54, 1.807) is 0 Å². The van der Waals surface area contributed by atoms with E-state index in [9.17, 15) is 0 Å². The van der Waals surface area contributed by atoms with Crippen molar-refractivity contribution in [3.05, 3.63) is 0 Å². The van der Waals surface area contributed by atoms with Crippen LogP contribution in [0.2, 0.25) is 0 Å². The van der Waals surface area contributed by atoms with Crippen molar-refractivity contribution >= 4 is 0 Å². The van der Waals surface area contributed by atoms with Crippen LogP contribution < -0.4 is 0 Å². The fourth-order valence-corrected chi connectivity index (χ4v) is 0.904. The lowest BCUT2D eigenvalue weighted by atomic mass is 10.3. The van der Waals surface area contributed by atoms with Gasteiger partial charge in [-0.25, -0.2) is 0 Å². The van der Waals surface area contributed by atoms with E-state index in [-0.39, 0.29) is 6.10 Å². The van der Waals surface area contributed by atoms with E-state index in [1.807, 2.05) is 6.92 Å². The summed E-state index contributed by atoms with van der Waals surface area (Å²) in [6, 6.07) is 0. The van der Waals surface area contributed by atoms with Gasteiger partial charge in [-0.05, 0) is 19.3 Å². The molecule has 0 aliphatic heterocycles. The predicted molar refractivity (Wildman–Crippen MR) is 41.9 cm³/mol. The van der Waals surface area contributed by atoms with Crippen LogP contribution in [0.5, 0.6) is 0 Å². The normalized spacial score (nSPS) is 18.3. The summed E-state index contributed by atoms with van der Waals surface area (Å²) in [5.74, 6) is 0. The van der Waals surface area contributed by atoms with Gasteiger partial charge in [-0.3, -0.25) is 0 Å². The lowest BCUT2D eigenvalue weighted by molar-refractivity contribution is 0.183. The highest BCUT2D eigenvalue weighted by atomic mass is 16.3. The molecule has 0 amide bonds. The Balaban J connectivity index is 0.000000180. The Kier molecular flexibility index (Phi) is 6.98. The highest BCUT2D eigenvalue weighted by Crippen LogP contribution is 2.16. The van der Waals surface area contributed by atoms with Gasteiger partial charge in [0.25, 0.3) is 0 Å². The van der Waals surface area contributed by atoms with Crippen LogP contribution in [0.1, 0.15) is 39.0 Å². The number of hydrogen-bond donors (Lipinski definition) is 2. The van der Waals surface area contributed by atoms with Crippen molar-refractivity contribution < 1.29 is 10.2 Å². The maximum absolute atomic E-state index is 8.73. The van der Waals surface area contributed by atoms with Crippen LogP contribution in [0.3, 0.4) is 0 Å². The molecule has 0 heterocycles. The molecule has 0 unspecified atom stereocenters. The molecule has 0 atom stereocenters. The van der Waals surface area contributed by atoms with Crippen LogP contribution in [0.25, 0.3) is 0 Å². The minimum atomic E-state index is 0.0463. The third-order valence-electron chi connectivity index (χ3n) is 1.55. The number of aliphatic hydroxyl groups excluding tert-OH is 2. The standard InChI is InChI=1S/C5H10O.C3H8O/c6-5-3-1-2-4-5;1-2-3-4/h5-6H,1-4H2;4H,2-3H2,1H3. The molecule has 1 aliphatic carbocycles. The molecule has 0 bridgehead atoms. The second-order valence-corrected chi connectivity index (χ2v) is 2.66. The Bertz CT molecular complexity index is 56.3. The highest BCUT2D eigenvalue weighted by Gasteiger charge is 2.09. The molecule has 0 aromatic rings. The molecule has 0 aromatic carbocycles. The van der Waals surface area contributed by atoms with Crippen molar-refractivity contribution in [2.75, 3.05) is 6.61 Å². The maximum atomic E-state index is 8.73. The van der Waals surface area contributed by atoms with Crippen LogP contribution in [-0.2, 0) is 0 Å². The molecule has 1 fully saturated rings. The van der Waals surface area contributed by atoms with Gasteiger partial charge in [0.15, 0.2) is 0 Å². The summed E-state index contributed by atoms with van der Waals surface area (Å²) in [6.07, 6.45) is 5.48. The van der Waals surface area contributed by atoms with Gasteiger partial charge in [0, 0.05) is 6.61 Å². The Labute approximate surface area is 62.9 Å². The average Bonchev–Trinajstić information content (AvgIpc) is 2.40. The van der Waals surface area contributed by atoms with Gasteiger partial charge >= 0.3 is 0 Å². The van der Waals surface area contributed by atoms with E-state index in [4.69, 9.17) is 10.2 Å². The molecule has 62 valence electrons. The smallest absolute Gasteiger partial charge is 0.0540 e. The summed E-state index contributed by atoms with van der Waals surface area (Å²) in [7, 11) is 0. The fraction of sp³-hybridized carbons (Fsp3) is 1.00. The van der Waals surface area contributed by atoms with Crippen molar-refractivity contribution in [3.8, 4) is 0 Å². The van der Waals surface area contributed by atoms with Crippen molar-refractivity contribution in [2.45, 2.75) is 45.1 Å². The second-order valence-electron chi connectivity index (χ2n) is 2.66. The first kappa shape index (κ1) is 9.92. The van der Waals surface area contributed by atoms with Gasteiger partial charge in [0.05, 0.1) is 6.10 Å². The molecule has 0 saturated heterocycles. The van der Waals surface area contributed by atoms with Gasteiger partial charge in [-0.15, -0.1) is 0 Å². The third kappa shape index (κ3) is 6.05. The van der Waals surface area contributed by atoms with Crippen LogP contribution in [0.15, 0.2) is 0 Å². The Morgan fingerprint density at radius 3 is 1.80 bits per heavy atom. The first-order valence-corrected chi connectivity index (χ1v) is 4.10. The Hall–Kier alpha value is -0.0800. The van der Waals surface area contributed by atoms with Crippen LogP contribution in [-0.4, -0.2) is 22.9 Å².